The number of carbonyl (C=O) groups is 1. The highest BCUT2D eigenvalue weighted by Crippen LogP contribution is 2.19. The maximum atomic E-state index is 12.8. The fourth-order valence-electron chi connectivity index (χ4n) is 2.55. The average Bonchev–Trinajstić information content (AvgIpc) is 2.70. The Balaban J connectivity index is 2.10. The summed E-state index contributed by atoms with van der Waals surface area (Å²) in [6.07, 6.45) is 0.789. The van der Waals surface area contributed by atoms with Gasteiger partial charge in [-0.25, -0.2) is 0 Å². The van der Waals surface area contributed by atoms with Gasteiger partial charge in [-0.05, 0) is 50.1 Å². The maximum Gasteiger partial charge on any atom is 0.308 e. The van der Waals surface area contributed by atoms with Crippen molar-refractivity contribution in [1.82, 2.24) is 4.90 Å². The van der Waals surface area contributed by atoms with Crippen molar-refractivity contribution in [3.63, 3.8) is 0 Å². The van der Waals surface area contributed by atoms with Gasteiger partial charge in [-0.3, -0.25) is 4.79 Å². The molecule has 0 spiro atoms. The molecule has 2 aromatic carbocycles. The molecule has 1 atom stereocenters. The van der Waals surface area contributed by atoms with Gasteiger partial charge in [0.05, 0.1) is 5.75 Å². The smallest absolute Gasteiger partial charge is 0.308 e. The molecule has 7 heteroatoms. The first-order valence-corrected chi connectivity index (χ1v) is 10.9. The lowest BCUT2D eigenvalue weighted by Gasteiger charge is -2.29. The second-order valence-electron chi connectivity index (χ2n) is 6.46. The molecule has 0 N–H and O–H groups in total. The molecule has 152 valence electrons. The highest BCUT2D eigenvalue weighted by molar-refractivity contribution is 7.87. The molecule has 0 aliphatic heterocycles. The lowest BCUT2D eigenvalue weighted by atomic mass is 10.1. The molecule has 0 aliphatic carbocycles. The molecule has 2 aromatic rings. The van der Waals surface area contributed by atoms with Crippen molar-refractivity contribution < 1.29 is 22.1 Å². The molecule has 0 fully saturated rings. The standard InChI is InChI=1S/C21H27NO5S/c1-4-17(3)22(21(23)16-26-19-11-7-6-8-12-19)15-18-10-9-13-20(14-18)27-28(24,25)5-2/h6-14,17H,4-5,15-16H2,1-3H3/t17-/m0/s1. The van der Waals surface area contributed by atoms with E-state index in [1.807, 2.05) is 38.1 Å². The van der Waals surface area contributed by atoms with E-state index in [2.05, 4.69) is 0 Å². The summed E-state index contributed by atoms with van der Waals surface area (Å²) >= 11 is 0. The van der Waals surface area contributed by atoms with Gasteiger partial charge in [-0.1, -0.05) is 37.3 Å². The summed E-state index contributed by atoms with van der Waals surface area (Å²) < 4.78 is 34.0. The number of hydrogen-bond acceptors (Lipinski definition) is 5. The van der Waals surface area contributed by atoms with Crippen molar-refractivity contribution in [3.8, 4) is 11.5 Å². The van der Waals surface area contributed by atoms with Crippen LogP contribution < -0.4 is 8.92 Å². The first-order valence-electron chi connectivity index (χ1n) is 9.33. The van der Waals surface area contributed by atoms with Crippen LogP contribution in [-0.4, -0.2) is 37.6 Å². The SMILES string of the molecule is CC[C@H](C)N(Cc1cccc(OS(=O)(=O)CC)c1)C(=O)COc1ccccc1. The molecule has 0 saturated carbocycles. The number of hydrogen-bond donors (Lipinski definition) is 0. The Morgan fingerprint density at radius 1 is 1.04 bits per heavy atom. The average molecular weight is 406 g/mol. The summed E-state index contributed by atoms with van der Waals surface area (Å²) in [6, 6.07) is 16.0. The van der Waals surface area contributed by atoms with Crippen molar-refractivity contribution >= 4 is 16.0 Å². The van der Waals surface area contributed by atoms with E-state index in [0.717, 1.165) is 12.0 Å². The number of carbonyl (C=O) groups excluding carboxylic acids is 1. The van der Waals surface area contributed by atoms with E-state index in [1.54, 1.807) is 35.2 Å². The summed E-state index contributed by atoms with van der Waals surface area (Å²) in [5, 5.41) is 0. The lowest BCUT2D eigenvalue weighted by molar-refractivity contribution is -0.136. The Hall–Kier alpha value is -2.54. The number of amides is 1. The predicted octanol–water partition coefficient (Wildman–Crippen LogP) is 3.62. The fraction of sp³-hybridized carbons (Fsp3) is 0.381. The van der Waals surface area contributed by atoms with Crippen molar-refractivity contribution in [2.24, 2.45) is 0 Å². The third-order valence-electron chi connectivity index (χ3n) is 4.38. The number of ether oxygens (including phenoxy) is 1. The lowest BCUT2D eigenvalue weighted by Crippen LogP contribution is -2.40. The van der Waals surface area contributed by atoms with Crippen LogP contribution in [0.5, 0.6) is 11.5 Å². The minimum absolute atomic E-state index is 0.0100. The molecule has 1 amide bonds. The van der Waals surface area contributed by atoms with E-state index >= 15 is 0 Å². The van der Waals surface area contributed by atoms with Gasteiger partial charge in [-0.2, -0.15) is 8.42 Å². The van der Waals surface area contributed by atoms with Gasteiger partial charge in [0.25, 0.3) is 5.91 Å². The Morgan fingerprint density at radius 3 is 2.36 bits per heavy atom. The minimum Gasteiger partial charge on any atom is -0.484 e. The molecule has 0 saturated heterocycles. The van der Waals surface area contributed by atoms with Crippen LogP contribution in [0.25, 0.3) is 0 Å². The van der Waals surface area contributed by atoms with Gasteiger partial charge in [0.1, 0.15) is 11.5 Å². The highest BCUT2D eigenvalue weighted by Gasteiger charge is 2.20. The molecule has 0 bridgehead atoms. The summed E-state index contributed by atoms with van der Waals surface area (Å²) in [6.45, 7) is 5.79. The molecule has 0 aromatic heterocycles. The van der Waals surface area contributed by atoms with Crippen molar-refractivity contribution in [1.29, 1.82) is 0 Å². The molecule has 0 unspecified atom stereocenters. The number of benzene rings is 2. The number of rotatable bonds is 10. The summed E-state index contributed by atoms with van der Waals surface area (Å²) in [5.41, 5.74) is 0.789. The van der Waals surface area contributed by atoms with Gasteiger partial charge < -0.3 is 13.8 Å². The summed E-state index contributed by atoms with van der Waals surface area (Å²) in [7, 11) is -3.59. The first-order chi connectivity index (χ1) is 13.3. The number of para-hydroxylation sites is 1. The van der Waals surface area contributed by atoms with Gasteiger partial charge in [-0.15, -0.1) is 0 Å². The van der Waals surface area contributed by atoms with Gasteiger partial charge in [0.2, 0.25) is 0 Å². The molecule has 6 nitrogen and oxygen atoms in total. The van der Waals surface area contributed by atoms with Crippen LogP contribution in [0.15, 0.2) is 54.6 Å². The third-order valence-corrected chi connectivity index (χ3v) is 5.53. The van der Waals surface area contributed by atoms with E-state index in [1.165, 1.54) is 6.92 Å². The zero-order chi connectivity index (χ0) is 20.6. The molecular weight excluding hydrogens is 378 g/mol. The van der Waals surface area contributed by atoms with Gasteiger partial charge in [0.15, 0.2) is 6.61 Å². The van der Waals surface area contributed by atoms with Crippen LogP contribution in [0.3, 0.4) is 0 Å². The van der Waals surface area contributed by atoms with Gasteiger partial charge in [0, 0.05) is 12.6 Å². The normalized spacial score (nSPS) is 12.2. The second-order valence-corrected chi connectivity index (χ2v) is 8.32. The molecule has 0 heterocycles. The first kappa shape index (κ1) is 21.8. The molecule has 2 rings (SSSR count). The Morgan fingerprint density at radius 2 is 1.71 bits per heavy atom. The molecule has 0 aliphatic rings. The predicted molar refractivity (Wildman–Crippen MR) is 109 cm³/mol. The van der Waals surface area contributed by atoms with Crippen molar-refractivity contribution in [2.45, 2.75) is 39.8 Å². The topological polar surface area (TPSA) is 72.9 Å². The number of nitrogens with zero attached hydrogens (tertiary/aromatic N) is 1. The van der Waals surface area contributed by atoms with E-state index in [4.69, 9.17) is 8.92 Å². The van der Waals surface area contributed by atoms with E-state index in [9.17, 15) is 13.2 Å². The third kappa shape index (κ3) is 6.56. The van der Waals surface area contributed by atoms with Crippen LogP contribution in [0.4, 0.5) is 0 Å². The molecular formula is C21H27NO5S. The Bertz CT molecular complexity index is 867. The van der Waals surface area contributed by atoms with Crippen molar-refractivity contribution in [3.05, 3.63) is 60.2 Å². The quantitative estimate of drug-likeness (QED) is 0.565. The zero-order valence-electron chi connectivity index (χ0n) is 16.5. The Kier molecular flexibility index (Phi) is 7.87. The second kappa shape index (κ2) is 10.1. The maximum absolute atomic E-state index is 12.8. The van der Waals surface area contributed by atoms with Crippen LogP contribution >= 0.6 is 0 Å². The van der Waals surface area contributed by atoms with E-state index < -0.39 is 10.1 Å². The molecule has 0 radical (unpaired) electrons. The van der Waals surface area contributed by atoms with Gasteiger partial charge >= 0.3 is 10.1 Å². The zero-order valence-corrected chi connectivity index (χ0v) is 17.3. The summed E-state index contributed by atoms with van der Waals surface area (Å²) in [5.74, 6) is 0.646. The van der Waals surface area contributed by atoms with Crippen LogP contribution in [0, 0.1) is 0 Å². The van der Waals surface area contributed by atoms with Crippen molar-refractivity contribution in [2.75, 3.05) is 12.4 Å². The fourth-order valence-corrected chi connectivity index (χ4v) is 3.07. The highest BCUT2D eigenvalue weighted by atomic mass is 32.2. The van der Waals surface area contributed by atoms with E-state index in [-0.39, 0.29) is 30.1 Å². The minimum atomic E-state index is -3.59. The van der Waals surface area contributed by atoms with Crippen LogP contribution in [-0.2, 0) is 21.5 Å². The molecule has 28 heavy (non-hydrogen) atoms. The summed E-state index contributed by atoms with van der Waals surface area (Å²) in [4.78, 5) is 14.5. The van der Waals surface area contributed by atoms with Crippen LogP contribution in [0.1, 0.15) is 32.8 Å². The Labute approximate surface area is 167 Å². The van der Waals surface area contributed by atoms with Crippen LogP contribution in [0.2, 0.25) is 0 Å². The largest absolute Gasteiger partial charge is 0.484 e. The van der Waals surface area contributed by atoms with E-state index in [0.29, 0.717) is 12.3 Å². The monoisotopic (exact) mass is 405 g/mol.